The molecule has 42 heavy (non-hydrogen) atoms. The molecule has 0 saturated heterocycles. The van der Waals surface area contributed by atoms with Gasteiger partial charge in [0.2, 0.25) is 0 Å². The molecule has 1 atom stereocenters. The maximum Gasteiger partial charge on any atom is 0.435 e. The lowest BCUT2D eigenvalue weighted by Gasteiger charge is -2.21. The molecule has 3 N–H and O–H groups in total. The number of amides is 1. The number of aromatic nitrogens is 2. The Balaban J connectivity index is 0.00000405. The van der Waals surface area contributed by atoms with E-state index in [2.05, 4.69) is 21.0 Å². The SMILES string of the molecule is CCNCc1cccc(-n2nc(C(F)(F)F)cc2C(=O)Nc2cc(C(NCC3CC3)c3ccccc3)ccc2F)c1.Cl. The van der Waals surface area contributed by atoms with Gasteiger partial charge in [-0.3, -0.25) is 4.79 Å². The van der Waals surface area contributed by atoms with Gasteiger partial charge in [-0.15, -0.1) is 12.4 Å². The van der Waals surface area contributed by atoms with Gasteiger partial charge in [-0.25, -0.2) is 9.07 Å². The molecule has 5 rings (SSSR count). The normalized spacial score (nSPS) is 13.8. The number of halogens is 5. The minimum absolute atomic E-state index is 0. The number of alkyl halides is 3. The van der Waals surface area contributed by atoms with Crippen LogP contribution in [-0.4, -0.2) is 28.8 Å². The second-order valence-corrected chi connectivity index (χ2v) is 10.2. The molecule has 1 aliphatic rings. The zero-order chi connectivity index (χ0) is 29.0. The van der Waals surface area contributed by atoms with Crippen LogP contribution in [0.15, 0.2) is 78.9 Å². The highest BCUT2D eigenvalue weighted by molar-refractivity contribution is 6.03. The van der Waals surface area contributed by atoms with Gasteiger partial charge in [0.1, 0.15) is 11.5 Å². The number of carbonyl (C=O) groups is 1. The fraction of sp³-hybridized carbons (Fsp3) is 0.290. The predicted molar refractivity (Wildman–Crippen MR) is 157 cm³/mol. The number of nitrogens with one attached hydrogen (secondary N) is 3. The van der Waals surface area contributed by atoms with E-state index in [0.29, 0.717) is 30.6 Å². The Morgan fingerprint density at radius 2 is 1.76 bits per heavy atom. The van der Waals surface area contributed by atoms with Crippen molar-refractivity contribution in [2.24, 2.45) is 5.92 Å². The summed E-state index contributed by atoms with van der Waals surface area (Å²) in [6.45, 7) is 3.94. The first-order valence-electron chi connectivity index (χ1n) is 13.6. The van der Waals surface area contributed by atoms with E-state index in [1.165, 1.54) is 12.1 Å². The smallest absolute Gasteiger partial charge is 0.318 e. The lowest BCUT2D eigenvalue weighted by Crippen LogP contribution is -2.25. The number of benzene rings is 3. The minimum atomic E-state index is -4.77. The third kappa shape index (κ3) is 7.56. The van der Waals surface area contributed by atoms with Crippen molar-refractivity contribution in [2.45, 2.75) is 38.5 Å². The van der Waals surface area contributed by atoms with Crippen molar-refractivity contribution >= 4 is 24.0 Å². The summed E-state index contributed by atoms with van der Waals surface area (Å²) in [6.07, 6.45) is -2.46. The molecular formula is C31H32ClF4N5O. The molecule has 1 aromatic heterocycles. The van der Waals surface area contributed by atoms with Crippen LogP contribution in [0.3, 0.4) is 0 Å². The van der Waals surface area contributed by atoms with Crippen LogP contribution in [0.25, 0.3) is 5.69 Å². The van der Waals surface area contributed by atoms with Crippen LogP contribution in [0.5, 0.6) is 0 Å². The van der Waals surface area contributed by atoms with Gasteiger partial charge in [-0.05, 0) is 72.8 Å². The lowest BCUT2D eigenvalue weighted by molar-refractivity contribution is -0.141. The van der Waals surface area contributed by atoms with E-state index < -0.39 is 23.6 Å². The van der Waals surface area contributed by atoms with Crippen molar-refractivity contribution in [2.75, 3.05) is 18.4 Å². The number of anilines is 1. The monoisotopic (exact) mass is 601 g/mol. The maximum atomic E-state index is 15.0. The Hall–Kier alpha value is -3.73. The zero-order valence-corrected chi connectivity index (χ0v) is 23.7. The summed E-state index contributed by atoms with van der Waals surface area (Å²) >= 11 is 0. The molecule has 1 aliphatic carbocycles. The molecule has 6 nitrogen and oxygen atoms in total. The van der Waals surface area contributed by atoms with Gasteiger partial charge in [-0.2, -0.15) is 18.3 Å². The summed E-state index contributed by atoms with van der Waals surface area (Å²) in [7, 11) is 0. The lowest BCUT2D eigenvalue weighted by atomic mass is 9.97. The second kappa shape index (κ2) is 13.5. The van der Waals surface area contributed by atoms with Crippen LogP contribution in [-0.2, 0) is 12.7 Å². The van der Waals surface area contributed by atoms with Crippen molar-refractivity contribution < 1.29 is 22.4 Å². The Morgan fingerprint density at radius 1 is 1.00 bits per heavy atom. The minimum Gasteiger partial charge on any atom is -0.318 e. The van der Waals surface area contributed by atoms with Crippen LogP contribution in [0, 0.1) is 11.7 Å². The van der Waals surface area contributed by atoms with Crippen molar-refractivity contribution in [3.05, 3.63) is 113 Å². The summed E-state index contributed by atoms with van der Waals surface area (Å²) in [5.41, 5.74) is 1.06. The molecular weight excluding hydrogens is 570 g/mol. The average Bonchev–Trinajstić information content (AvgIpc) is 3.67. The largest absolute Gasteiger partial charge is 0.435 e. The molecule has 0 aliphatic heterocycles. The Kier molecular flexibility index (Phi) is 10.0. The van der Waals surface area contributed by atoms with E-state index in [-0.39, 0.29) is 35.5 Å². The van der Waals surface area contributed by atoms with Gasteiger partial charge in [0, 0.05) is 12.6 Å². The maximum absolute atomic E-state index is 15.0. The fourth-order valence-corrected chi connectivity index (χ4v) is 4.63. The number of hydrogen-bond acceptors (Lipinski definition) is 4. The molecule has 0 spiro atoms. The first kappa shape index (κ1) is 31.2. The first-order valence-corrected chi connectivity index (χ1v) is 13.6. The average molecular weight is 602 g/mol. The summed E-state index contributed by atoms with van der Waals surface area (Å²) in [5.74, 6) is -1.02. The van der Waals surface area contributed by atoms with Gasteiger partial charge in [-0.1, -0.05) is 55.5 Å². The third-order valence-electron chi connectivity index (χ3n) is 6.98. The summed E-state index contributed by atoms with van der Waals surface area (Å²) < 4.78 is 56.9. The van der Waals surface area contributed by atoms with Crippen molar-refractivity contribution in [3.8, 4) is 5.69 Å². The highest BCUT2D eigenvalue weighted by atomic mass is 35.5. The molecule has 11 heteroatoms. The van der Waals surface area contributed by atoms with E-state index in [9.17, 15) is 22.4 Å². The molecule has 0 bridgehead atoms. The highest BCUT2D eigenvalue weighted by Crippen LogP contribution is 2.32. The third-order valence-corrected chi connectivity index (χ3v) is 6.98. The molecule has 222 valence electrons. The highest BCUT2D eigenvalue weighted by Gasteiger charge is 2.36. The van der Waals surface area contributed by atoms with Crippen LogP contribution >= 0.6 is 12.4 Å². The fourth-order valence-electron chi connectivity index (χ4n) is 4.63. The molecule has 1 amide bonds. The Labute approximate surface area is 247 Å². The van der Waals surface area contributed by atoms with Crippen molar-refractivity contribution in [1.82, 2.24) is 20.4 Å². The van der Waals surface area contributed by atoms with Gasteiger partial charge >= 0.3 is 6.18 Å². The summed E-state index contributed by atoms with van der Waals surface area (Å²) in [4.78, 5) is 13.4. The van der Waals surface area contributed by atoms with Crippen molar-refractivity contribution in [3.63, 3.8) is 0 Å². The molecule has 1 unspecified atom stereocenters. The number of nitrogens with zero attached hydrogens (tertiary/aromatic N) is 2. The number of hydrogen-bond donors (Lipinski definition) is 3. The Bertz CT molecular complexity index is 1500. The summed E-state index contributed by atoms with van der Waals surface area (Å²) in [6, 6.07) is 21.2. The predicted octanol–water partition coefficient (Wildman–Crippen LogP) is 6.90. The van der Waals surface area contributed by atoms with Gasteiger partial charge < -0.3 is 16.0 Å². The molecule has 4 aromatic rings. The van der Waals surface area contributed by atoms with E-state index >= 15 is 0 Å². The van der Waals surface area contributed by atoms with Crippen LogP contribution in [0.1, 0.15) is 58.7 Å². The van der Waals surface area contributed by atoms with E-state index in [1.54, 1.807) is 24.3 Å². The zero-order valence-electron chi connectivity index (χ0n) is 22.9. The van der Waals surface area contributed by atoms with Crippen molar-refractivity contribution in [1.29, 1.82) is 0 Å². The summed E-state index contributed by atoms with van der Waals surface area (Å²) in [5, 5.41) is 12.9. The standard InChI is InChI=1S/C31H31F4N5O.ClH/c1-2-36-18-21-7-6-10-24(15-21)40-27(17-28(39-40)31(33,34)35)30(41)38-26-16-23(13-14-25(26)32)29(37-19-20-11-12-20)22-8-4-3-5-9-22;/h3-10,13-17,20,29,36-37H,2,11-12,18-19H2,1H3,(H,38,41);1H. The van der Waals surface area contributed by atoms with Crippen LogP contribution in [0.4, 0.5) is 23.2 Å². The van der Waals surface area contributed by atoms with Gasteiger partial charge in [0.25, 0.3) is 5.91 Å². The van der Waals surface area contributed by atoms with Gasteiger partial charge in [0.05, 0.1) is 17.4 Å². The second-order valence-electron chi connectivity index (χ2n) is 10.2. The van der Waals surface area contributed by atoms with Crippen LogP contribution < -0.4 is 16.0 Å². The molecule has 1 heterocycles. The molecule has 0 radical (unpaired) electrons. The molecule has 1 fully saturated rings. The van der Waals surface area contributed by atoms with Crippen LogP contribution in [0.2, 0.25) is 0 Å². The van der Waals surface area contributed by atoms with Gasteiger partial charge in [0.15, 0.2) is 5.69 Å². The van der Waals surface area contributed by atoms with E-state index in [0.717, 1.165) is 35.2 Å². The molecule has 1 saturated carbocycles. The molecule has 3 aromatic carbocycles. The van der Waals surface area contributed by atoms with E-state index in [4.69, 9.17) is 0 Å². The quantitative estimate of drug-likeness (QED) is 0.164. The Morgan fingerprint density at radius 3 is 2.45 bits per heavy atom. The van der Waals surface area contributed by atoms with E-state index in [1.807, 2.05) is 43.3 Å². The number of rotatable bonds is 11. The topological polar surface area (TPSA) is 71.0 Å². The first-order chi connectivity index (χ1) is 19.7. The number of carbonyl (C=O) groups excluding carboxylic acids is 1.